The van der Waals surface area contributed by atoms with E-state index in [0.29, 0.717) is 6.04 Å². The summed E-state index contributed by atoms with van der Waals surface area (Å²) in [6.07, 6.45) is 3.87. The molecule has 0 aliphatic carbocycles. The summed E-state index contributed by atoms with van der Waals surface area (Å²) in [7, 11) is 0. The Bertz CT molecular complexity index is 209. The summed E-state index contributed by atoms with van der Waals surface area (Å²) in [6, 6.07) is 0.406. The lowest BCUT2D eigenvalue weighted by atomic mass is 10.2. The number of unbranched alkanes of at least 4 members (excludes halogenated alkanes) is 2. The van der Waals surface area contributed by atoms with Crippen LogP contribution in [0.3, 0.4) is 0 Å². The summed E-state index contributed by atoms with van der Waals surface area (Å²) >= 11 is 1.66. The van der Waals surface area contributed by atoms with Gasteiger partial charge in [0.1, 0.15) is 0 Å². The van der Waals surface area contributed by atoms with Crippen LogP contribution >= 0.6 is 11.3 Å². The topological polar surface area (TPSA) is 24.9 Å². The number of rotatable bonds is 6. The van der Waals surface area contributed by atoms with Gasteiger partial charge >= 0.3 is 0 Å². The second kappa shape index (κ2) is 6.11. The van der Waals surface area contributed by atoms with Crippen molar-refractivity contribution in [3.05, 3.63) is 16.6 Å². The molecule has 0 bridgehead atoms. The summed E-state index contributed by atoms with van der Waals surface area (Å²) in [5, 5.41) is 5.57. The van der Waals surface area contributed by atoms with Crippen LogP contribution in [0.5, 0.6) is 0 Å². The molecule has 1 heterocycles. The number of aromatic nitrogens is 1. The molecule has 1 atom stereocenters. The van der Waals surface area contributed by atoms with E-state index in [1.54, 1.807) is 11.3 Å². The highest BCUT2D eigenvalue weighted by Gasteiger charge is 2.04. The van der Waals surface area contributed by atoms with Crippen molar-refractivity contribution < 1.29 is 0 Å². The average molecular weight is 198 g/mol. The molecule has 0 saturated carbocycles. The Balaban J connectivity index is 2.15. The van der Waals surface area contributed by atoms with Gasteiger partial charge in [-0.1, -0.05) is 19.8 Å². The first-order chi connectivity index (χ1) is 6.34. The lowest BCUT2D eigenvalue weighted by molar-refractivity contribution is 0.536. The molecule has 0 fully saturated rings. The Hall–Kier alpha value is -0.410. The van der Waals surface area contributed by atoms with Gasteiger partial charge in [-0.15, -0.1) is 11.3 Å². The molecule has 3 heteroatoms. The lowest BCUT2D eigenvalue weighted by Crippen LogP contribution is -2.19. The lowest BCUT2D eigenvalue weighted by Gasteiger charge is -2.10. The summed E-state index contributed by atoms with van der Waals surface area (Å²) in [5.74, 6) is 0. The van der Waals surface area contributed by atoms with Crippen molar-refractivity contribution in [1.29, 1.82) is 0 Å². The number of hydrogen-bond acceptors (Lipinski definition) is 3. The van der Waals surface area contributed by atoms with Crippen molar-refractivity contribution in [2.45, 2.75) is 39.2 Å². The van der Waals surface area contributed by atoms with Gasteiger partial charge in [-0.3, -0.25) is 0 Å². The molecule has 0 aliphatic rings. The quantitative estimate of drug-likeness (QED) is 0.711. The van der Waals surface area contributed by atoms with Crippen molar-refractivity contribution in [2.24, 2.45) is 0 Å². The van der Waals surface area contributed by atoms with Crippen molar-refractivity contribution >= 4 is 11.3 Å². The molecule has 1 aromatic heterocycles. The van der Waals surface area contributed by atoms with Crippen molar-refractivity contribution in [3.8, 4) is 0 Å². The largest absolute Gasteiger partial charge is 0.309 e. The minimum atomic E-state index is 0.406. The molecule has 13 heavy (non-hydrogen) atoms. The molecule has 0 aliphatic heterocycles. The van der Waals surface area contributed by atoms with Crippen LogP contribution in [-0.2, 0) is 0 Å². The second-order valence-electron chi connectivity index (χ2n) is 3.30. The maximum Gasteiger partial charge on any atom is 0.0795 e. The summed E-state index contributed by atoms with van der Waals surface area (Å²) < 4.78 is 0. The van der Waals surface area contributed by atoms with E-state index < -0.39 is 0 Å². The molecule has 0 aromatic carbocycles. The van der Waals surface area contributed by atoms with E-state index in [9.17, 15) is 0 Å². The van der Waals surface area contributed by atoms with Crippen LogP contribution in [0, 0.1) is 0 Å². The predicted molar refractivity (Wildman–Crippen MR) is 58.1 cm³/mol. The molecule has 74 valence electrons. The minimum Gasteiger partial charge on any atom is -0.309 e. The highest BCUT2D eigenvalue weighted by atomic mass is 32.1. The SMILES string of the molecule is CCCCCNC(C)c1cscn1. The molecule has 1 unspecified atom stereocenters. The number of hydrogen-bond donors (Lipinski definition) is 1. The Morgan fingerprint density at radius 1 is 1.54 bits per heavy atom. The first-order valence-electron chi connectivity index (χ1n) is 4.96. The minimum absolute atomic E-state index is 0.406. The Morgan fingerprint density at radius 2 is 2.38 bits per heavy atom. The van der Waals surface area contributed by atoms with Crippen LogP contribution in [0.4, 0.5) is 0 Å². The van der Waals surface area contributed by atoms with Gasteiger partial charge in [0.2, 0.25) is 0 Å². The third-order valence-corrected chi connectivity index (χ3v) is 2.73. The number of thiazole rings is 1. The Morgan fingerprint density at radius 3 is 3.00 bits per heavy atom. The van der Waals surface area contributed by atoms with Gasteiger partial charge in [-0.05, 0) is 19.9 Å². The van der Waals surface area contributed by atoms with E-state index in [0.717, 1.165) is 6.54 Å². The molecule has 1 aromatic rings. The predicted octanol–water partition coefficient (Wildman–Crippen LogP) is 2.98. The van der Waals surface area contributed by atoms with Gasteiger partial charge in [0.25, 0.3) is 0 Å². The van der Waals surface area contributed by atoms with E-state index >= 15 is 0 Å². The fourth-order valence-corrected chi connectivity index (χ4v) is 1.88. The smallest absolute Gasteiger partial charge is 0.0795 e. The first kappa shape index (κ1) is 10.7. The Labute approximate surface area is 84.4 Å². The maximum atomic E-state index is 4.27. The van der Waals surface area contributed by atoms with Crippen LogP contribution in [-0.4, -0.2) is 11.5 Å². The fraction of sp³-hybridized carbons (Fsp3) is 0.700. The van der Waals surface area contributed by atoms with E-state index in [-0.39, 0.29) is 0 Å². The summed E-state index contributed by atoms with van der Waals surface area (Å²) in [6.45, 7) is 5.50. The average Bonchev–Trinajstić information content (AvgIpc) is 2.65. The third kappa shape index (κ3) is 3.87. The van der Waals surface area contributed by atoms with Crippen molar-refractivity contribution in [1.82, 2.24) is 10.3 Å². The number of nitrogens with one attached hydrogen (secondary N) is 1. The maximum absolute atomic E-state index is 4.27. The van der Waals surface area contributed by atoms with Gasteiger partial charge < -0.3 is 5.32 Å². The van der Waals surface area contributed by atoms with E-state index in [4.69, 9.17) is 0 Å². The fourth-order valence-electron chi connectivity index (χ4n) is 1.23. The highest BCUT2D eigenvalue weighted by Crippen LogP contribution is 2.11. The molecule has 1 N–H and O–H groups in total. The zero-order chi connectivity index (χ0) is 9.52. The summed E-state index contributed by atoms with van der Waals surface area (Å²) in [5.41, 5.74) is 3.06. The molecule has 1 rings (SSSR count). The molecule has 2 nitrogen and oxygen atoms in total. The number of nitrogens with zero attached hydrogens (tertiary/aromatic N) is 1. The van der Waals surface area contributed by atoms with Crippen molar-refractivity contribution in [2.75, 3.05) is 6.54 Å². The third-order valence-electron chi connectivity index (χ3n) is 2.13. The van der Waals surface area contributed by atoms with E-state index in [2.05, 4.69) is 29.5 Å². The molecular formula is C10H18N2S. The molecule has 0 saturated heterocycles. The molecule has 0 amide bonds. The first-order valence-corrected chi connectivity index (χ1v) is 5.90. The van der Waals surface area contributed by atoms with Crippen LogP contribution in [0.1, 0.15) is 44.8 Å². The molecule has 0 radical (unpaired) electrons. The molecule has 0 spiro atoms. The van der Waals surface area contributed by atoms with Crippen LogP contribution in [0.15, 0.2) is 10.9 Å². The zero-order valence-corrected chi connectivity index (χ0v) is 9.23. The van der Waals surface area contributed by atoms with Gasteiger partial charge in [-0.25, -0.2) is 4.98 Å². The normalized spacial score (nSPS) is 13.1. The standard InChI is InChI=1S/C10H18N2S/c1-3-4-5-6-11-9(2)10-7-13-8-12-10/h7-9,11H,3-6H2,1-2H3. The van der Waals surface area contributed by atoms with Gasteiger partial charge in [0.15, 0.2) is 0 Å². The highest BCUT2D eigenvalue weighted by molar-refractivity contribution is 7.07. The van der Waals surface area contributed by atoms with E-state index in [1.807, 2.05) is 5.51 Å². The molecular weight excluding hydrogens is 180 g/mol. The zero-order valence-electron chi connectivity index (χ0n) is 8.42. The second-order valence-corrected chi connectivity index (χ2v) is 4.01. The van der Waals surface area contributed by atoms with Crippen LogP contribution in [0.25, 0.3) is 0 Å². The van der Waals surface area contributed by atoms with Crippen molar-refractivity contribution in [3.63, 3.8) is 0 Å². The van der Waals surface area contributed by atoms with Gasteiger partial charge in [-0.2, -0.15) is 0 Å². The van der Waals surface area contributed by atoms with Gasteiger partial charge in [0, 0.05) is 11.4 Å². The monoisotopic (exact) mass is 198 g/mol. The van der Waals surface area contributed by atoms with Crippen LogP contribution in [0.2, 0.25) is 0 Å². The summed E-state index contributed by atoms with van der Waals surface area (Å²) in [4.78, 5) is 4.27. The van der Waals surface area contributed by atoms with Gasteiger partial charge in [0.05, 0.1) is 11.2 Å². The Kier molecular flexibility index (Phi) is 5.01. The van der Waals surface area contributed by atoms with Crippen LogP contribution < -0.4 is 5.32 Å². The van der Waals surface area contributed by atoms with E-state index in [1.165, 1.54) is 25.0 Å².